The molecule has 0 heterocycles. The topological polar surface area (TPSA) is 18.5 Å². The second-order valence-corrected chi connectivity index (χ2v) is 9.84. The van der Waals surface area contributed by atoms with Gasteiger partial charge in [-0.2, -0.15) is 0 Å². The summed E-state index contributed by atoms with van der Waals surface area (Å²) in [7, 11) is -2.72. The van der Waals surface area contributed by atoms with Gasteiger partial charge in [0.1, 0.15) is 0 Å². The van der Waals surface area contributed by atoms with E-state index in [-0.39, 0.29) is 0 Å². The Hall–Kier alpha value is -1.42. The van der Waals surface area contributed by atoms with Crippen molar-refractivity contribution in [2.24, 2.45) is 0 Å². The quantitative estimate of drug-likeness (QED) is 0.656. The number of hydrogen-bond acceptors (Lipinski definition) is 2. The Morgan fingerprint density at radius 3 is 1.40 bits per heavy atom. The molecule has 0 atom stereocenters. The van der Waals surface area contributed by atoms with Gasteiger partial charge in [-0.3, -0.25) is 0 Å². The van der Waals surface area contributed by atoms with E-state index in [2.05, 4.69) is 77.9 Å². The first-order valence-electron chi connectivity index (χ1n) is 9.38. The molecule has 0 aliphatic heterocycles. The molecular weight excluding hydrogens is 324 g/mol. The highest BCUT2D eigenvalue weighted by Gasteiger charge is 2.44. The van der Waals surface area contributed by atoms with E-state index in [0.717, 1.165) is 26.1 Å². The van der Waals surface area contributed by atoms with Crippen LogP contribution in [-0.4, -0.2) is 21.8 Å². The monoisotopic (exact) mass is 356 g/mol. The molecule has 0 bridgehead atoms. The van der Waals surface area contributed by atoms with Gasteiger partial charge < -0.3 is 8.85 Å². The molecule has 0 N–H and O–H groups in total. The first-order valence-corrected chi connectivity index (χ1v) is 11.2. The maximum absolute atomic E-state index is 6.61. The third-order valence-electron chi connectivity index (χ3n) is 4.49. The summed E-state index contributed by atoms with van der Waals surface area (Å²) in [4.78, 5) is 0. The Balaban J connectivity index is 2.69. The molecule has 0 saturated heterocycles. The summed E-state index contributed by atoms with van der Waals surface area (Å²) in [5.41, 5.74) is 5.07. The van der Waals surface area contributed by atoms with E-state index in [4.69, 9.17) is 8.85 Å². The van der Waals surface area contributed by atoms with Crippen LogP contribution >= 0.6 is 0 Å². The van der Waals surface area contributed by atoms with Gasteiger partial charge in [0.05, 0.1) is 0 Å². The third kappa shape index (κ3) is 4.41. The van der Waals surface area contributed by atoms with Crippen LogP contribution in [0.2, 0.25) is 0 Å². The van der Waals surface area contributed by atoms with Crippen LogP contribution in [0.4, 0.5) is 0 Å². The van der Waals surface area contributed by atoms with Gasteiger partial charge in [-0.25, -0.2) is 0 Å². The first kappa shape index (κ1) is 19.9. The van der Waals surface area contributed by atoms with Gasteiger partial charge in [0.25, 0.3) is 0 Å². The Bertz CT molecular complexity index is 648. The second-order valence-electron chi connectivity index (χ2n) is 6.95. The molecule has 2 nitrogen and oxygen atoms in total. The van der Waals surface area contributed by atoms with Crippen molar-refractivity contribution in [3.63, 3.8) is 0 Å². The fourth-order valence-corrected chi connectivity index (χ4v) is 7.12. The maximum atomic E-state index is 6.61. The zero-order valence-corrected chi connectivity index (χ0v) is 17.6. The summed E-state index contributed by atoms with van der Waals surface area (Å²) < 4.78 is 13.2. The molecule has 0 amide bonds. The van der Waals surface area contributed by atoms with Gasteiger partial charge in [0.2, 0.25) is 0 Å². The van der Waals surface area contributed by atoms with Gasteiger partial charge in [-0.15, -0.1) is 0 Å². The minimum Gasteiger partial charge on any atom is -0.388 e. The molecule has 0 spiro atoms. The minimum absolute atomic E-state index is 0.719. The molecule has 2 aromatic rings. The van der Waals surface area contributed by atoms with Gasteiger partial charge in [0.15, 0.2) is 0 Å². The van der Waals surface area contributed by atoms with E-state index < -0.39 is 8.56 Å². The highest BCUT2D eigenvalue weighted by Crippen LogP contribution is 2.17. The molecule has 0 aliphatic carbocycles. The van der Waals surface area contributed by atoms with Gasteiger partial charge in [0, 0.05) is 23.6 Å². The van der Waals surface area contributed by atoms with Crippen LogP contribution in [0.5, 0.6) is 0 Å². The highest BCUT2D eigenvalue weighted by molar-refractivity contribution is 6.93. The predicted molar refractivity (Wildman–Crippen MR) is 109 cm³/mol. The van der Waals surface area contributed by atoms with E-state index in [1.165, 1.54) is 32.6 Å². The first-order chi connectivity index (χ1) is 11.9. The SMILES string of the molecule is CCCO[Si](OCCC)(c1ccc(C)cc1C)c1ccc(C)cc1C. The molecule has 0 fully saturated rings. The second kappa shape index (κ2) is 8.79. The van der Waals surface area contributed by atoms with Crippen molar-refractivity contribution in [2.75, 3.05) is 13.2 Å². The Morgan fingerprint density at radius 2 is 1.08 bits per heavy atom. The summed E-state index contributed by atoms with van der Waals surface area (Å²) in [5, 5.41) is 2.49. The summed E-state index contributed by atoms with van der Waals surface area (Å²) in [6.45, 7) is 14.4. The van der Waals surface area contributed by atoms with Crippen molar-refractivity contribution in [3.8, 4) is 0 Å². The normalized spacial score (nSPS) is 11.8. The molecule has 3 heteroatoms. The van der Waals surface area contributed by atoms with Crippen LogP contribution in [0, 0.1) is 27.7 Å². The van der Waals surface area contributed by atoms with Crippen LogP contribution in [-0.2, 0) is 8.85 Å². The van der Waals surface area contributed by atoms with E-state index in [9.17, 15) is 0 Å². The zero-order valence-electron chi connectivity index (χ0n) is 16.6. The molecular formula is C22H32O2Si. The smallest absolute Gasteiger partial charge is 0.388 e. The molecule has 25 heavy (non-hydrogen) atoms. The van der Waals surface area contributed by atoms with Crippen molar-refractivity contribution in [3.05, 3.63) is 58.7 Å². The molecule has 2 rings (SSSR count). The lowest BCUT2D eigenvalue weighted by Crippen LogP contribution is -2.65. The summed E-state index contributed by atoms with van der Waals surface area (Å²) in [6, 6.07) is 13.3. The van der Waals surface area contributed by atoms with Gasteiger partial charge >= 0.3 is 8.56 Å². The Morgan fingerprint density at radius 1 is 0.680 bits per heavy atom. The predicted octanol–water partition coefficient (Wildman–Crippen LogP) is 4.33. The molecule has 0 unspecified atom stereocenters. The van der Waals surface area contributed by atoms with E-state index >= 15 is 0 Å². The molecule has 136 valence electrons. The molecule has 0 aliphatic rings. The lowest BCUT2D eigenvalue weighted by molar-refractivity contribution is 0.191. The van der Waals surface area contributed by atoms with Crippen LogP contribution in [0.15, 0.2) is 36.4 Å². The minimum atomic E-state index is -2.72. The van der Waals surface area contributed by atoms with Crippen molar-refractivity contribution in [1.29, 1.82) is 0 Å². The van der Waals surface area contributed by atoms with E-state index in [0.29, 0.717) is 0 Å². The largest absolute Gasteiger partial charge is 0.407 e. The molecule has 0 aromatic heterocycles. The van der Waals surface area contributed by atoms with Crippen molar-refractivity contribution in [2.45, 2.75) is 54.4 Å². The number of hydrogen-bond donors (Lipinski definition) is 0. The van der Waals surface area contributed by atoms with Gasteiger partial charge in [-0.1, -0.05) is 61.4 Å². The van der Waals surface area contributed by atoms with Crippen LogP contribution in [0.25, 0.3) is 0 Å². The highest BCUT2D eigenvalue weighted by atomic mass is 28.4. The van der Waals surface area contributed by atoms with Crippen LogP contribution < -0.4 is 10.4 Å². The maximum Gasteiger partial charge on any atom is 0.407 e. The summed E-state index contributed by atoms with van der Waals surface area (Å²) >= 11 is 0. The summed E-state index contributed by atoms with van der Waals surface area (Å²) in [5.74, 6) is 0. The van der Waals surface area contributed by atoms with Crippen molar-refractivity contribution < 1.29 is 8.85 Å². The molecule has 0 radical (unpaired) electrons. The number of rotatable bonds is 8. The summed E-state index contributed by atoms with van der Waals surface area (Å²) in [6.07, 6.45) is 1.97. The van der Waals surface area contributed by atoms with E-state index in [1.54, 1.807) is 0 Å². The number of benzene rings is 2. The molecule has 0 saturated carbocycles. The number of aryl methyl sites for hydroxylation is 4. The molecule has 2 aromatic carbocycles. The Kier molecular flexibility index (Phi) is 7.00. The van der Waals surface area contributed by atoms with Gasteiger partial charge in [-0.05, 0) is 51.7 Å². The standard InChI is InChI=1S/C22H32O2Si/c1-7-13-23-25(24-14-8-2,21-11-9-17(3)15-19(21)5)22-12-10-18(4)16-20(22)6/h9-12,15-16H,7-8,13-14H2,1-6H3. The third-order valence-corrected chi connectivity index (χ3v) is 8.25. The zero-order chi connectivity index (χ0) is 18.4. The lowest BCUT2D eigenvalue weighted by Gasteiger charge is -2.34. The van der Waals surface area contributed by atoms with Crippen LogP contribution in [0.1, 0.15) is 48.9 Å². The van der Waals surface area contributed by atoms with Crippen LogP contribution in [0.3, 0.4) is 0 Å². The fourth-order valence-electron chi connectivity index (χ4n) is 3.36. The van der Waals surface area contributed by atoms with Crippen molar-refractivity contribution >= 4 is 18.9 Å². The fraction of sp³-hybridized carbons (Fsp3) is 0.455. The lowest BCUT2D eigenvalue weighted by atomic mass is 10.1. The van der Waals surface area contributed by atoms with E-state index in [1.807, 2.05) is 0 Å². The average Bonchev–Trinajstić information content (AvgIpc) is 2.56. The average molecular weight is 357 g/mol. The van der Waals surface area contributed by atoms with Crippen molar-refractivity contribution in [1.82, 2.24) is 0 Å². The Labute approximate surface area is 154 Å².